The summed E-state index contributed by atoms with van der Waals surface area (Å²) in [6, 6.07) is 9.20. The van der Waals surface area contributed by atoms with Crippen LogP contribution in [0.25, 0.3) is 0 Å². The summed E-state index contributed by atoms with van der Waals surface area (Å²) < 4.78 is 2.50. The first-order valence-corrected chi connectivity index (χ1v) is 5.97. The number of nitrogens with one attached hydrogen (secondary N) is 1. The van der Waals surface area contributed by atoms with Gasteiger partial charge in [-0.3, -0.25) is 9.48 Å². The summed E-state index contributed by atoms with van der Waals surface area (Å²) in [5.41, 5.74) is 1.47. The van der Waals surface area contributed by atoms with E-state index in [1.165, 1.54) is 0 Å². The predicted molar refractivity (Wildman–Crippen MR) is 68.5 cm³/mol. The monoisotopic (exact) mass is 293 g/mol. The molecule has 5 heteroatoms. The molecule has 0 aliphatic heterocycles. The first-order valence-electron chi connectivity index (χ1n) is 5.18. The molecule has 0 unspecified atom stereocenters. The van der Waals surface area contributed by atoms with Gasteiger partial charge in [-0.1, -0.05) is 12.1 Å². The molecule has 0 fully saturated rings. The Morgan fingerprint density at radius 2 is 2.18 bits per heavy atom. The molecule has 1 aromatic heterocycles. The molecule has 0 saturated heterocycles. The van der Waals surface area contributed by atoms with Crippen LogP contribution < -0.4 is 5.32 Å². The average molecular weight is 294 g/mol. The fraction of sp³-hybridized carbons (Fsp3) is 0.167. The first-order chi connectivity index (χ1) is 8.16. The molecule has 0 radical (unpaired) electrons. The molecule has 2 rings (SSSR count). The predicted octanol–water partition coefficient (Wildman–Crippen LogP) is 2.11. The van der Waals surface area contributed by atoms with Crippen LogP contribution >= 0.6 is 15.9 Å². The summed E-state index contributed by atoms with van der Waals surface area (Å²) >= 11 is 3.35. The number of halogens is 1. The van der Waals surface area contributed by atoms with Crippen LogP contribution in [0.2, 0.25) is 0 Å². The first kappa shape index (κ1) is 11.9. The Morgan fingerprint density at radius 3 is 2.82 bits per heavy atom. The summed E-state index contributed by atoms with van der Waals surface area (Å²) in [4.78, 5) is 11.9. The Balaban J connectivity index is 2.01. The average Bonchev–Trinajstić information content (AvgIpc) is 2.73. The van der Waals surface area contributed by atoms with Crippen LogP contribution in [-0.2, 0) is 13.6 Å². The van der Waals surface area contributed by atoms with E-state index in [-0.39, 0.29) is 5.91 Å². The Hall–Kier alpha value is -1.62. The standard InChI is InChI=1S/C12H12BrN3O/c1-16-7-6-9(15-16)8-14-12(17)10-4-2-3-5-11(10)13/h2-7H,8H2,1H3,(H,14,17). The van der Waals surface area contributed by atoms with Crippen molar-refractivity contribution in [1.82, 2.24) is 15.1 Å². The third kappa shape index (κ3) is 2.94. The molecule has 0 saturated carbocycles. The molecule has 4 nitrogen and oxygen atoms in total. The lowest BCUT2D eigenvalue weighted by atomic mass is 10.2. The maximum Gasteiger partial charge on any atom is 0.252 e. The molecule has 1 heterocycles. The number of aryl methyl sites for hydroxylation is 1. The van der Waals surface area contributed by atoms with Gasteiger partial charge in [-0.25, -0.2) is 0 Å². The second-order valence-corrected chi connectivity index (χ2v) is 4.50. The van der Waals surface area contributed by atoms with Gasteiger partial charge in [0.25, 0.3) is 5.91 Å². The van der Waals surface area contributed by atoms with Crippen molar-refractivity contribution in [3.05, 3.63) is 52.3 Å². The Morgan fingerprint density at radius 1 is 1.41 bits per heavy atom. The van der Waals surface area contributed by atoms with Gasteiger partial charge in [-0.05, 0) is 34.1 Å². The molecule has 17 heavy (non-hydrogen) atoms. The lowest BCUT2D eigenvalue weighted by Gasteiger charge is -2.04. The van der Waals surface area contributed by atoms with Gasteiger partial charge in [-0.2, -0.15) is 5.10 Å². The van der Waals surface area contributed by atoms with Crippen LogP contribution in [0.3, 0.4) is 0 Å². The van der Waals surface area contributed by atoms with Gasteiger partial charge in [0, 0.05) is 17.7 Å². The summed E-state index contributed by atoms with van der Waals surface area (Å²) in [6.07, 6.45) is 1.85. The van der Waals surface area contributed by atoms with Crippen LogP contribution in [-0.4, -0.2) is 15.7 Å². The van der Waals surface area contributed by atoms with E-state index in [4.69, 9.17) is 0 Å². The Labute approximate surface area is 108 Å². The van der Waals surface area contributed by atoms with E-state index in [0.717, 1.165) is 10.2 Å². The van der Waals surface area contributed by atoms with Crippen molar-refractivity contribution in [3.8, 4) is 0 Å². The molecule has 1 amide bonds. The van der Waals surface area contributed by atoms with Crippen molar-refractivity contribution in [2.45, 2.75) is 6.54 Å². The highest BCUT2D eigenvalue weighted by Crippen LogP contribution is 2.15. The molecular weight excluding hydrogens is 282 g/mol. The van der Waals surface area contributed by atoms with Crippen molar-refractivity contribution >= 4 is 21.8 Å². The minimum atomic E-state index is -0.108. The zero-order chi connectivity index (χ0) is 12.3. The highest BCUT2D eigenvalue weighted by Gasteiger charge is 2.08. The smallest absolute Gasteiger partial charge is 0.252 e. The second-order valence-electron chi connectivity index (χ2n) is 3.64. The third-order valence-corrected chi connectivity index (χ3v) is 3.01. The van der Waals surface area contributed by atoms with Gasteiger partial charge in [0.15, 0.2) is 0 Å². The highest BCUT2D eigenvalue weighted by atomic mass is 79.9. The van der Waals surface area contributed by atoms with Crippen molar-refractivity contribution in [3.63, 3.8) is 0 Å². The zero-order valence-corrected chi connectivity index (χ0v) is 10.9. The van der Waals surface area contributed by atoms with Crippen LogP contribution in [0.15, 0.2) is 41.0 Å². The molecule has 1 N–H and O–H groups in total. The number of rotatable bonds is 3. The number of carbonyl (C=O) groups is 1. The zero-order valence-electron chi connectivity index (χ0n) is 9.35. The van der Waals surface area contributed by atoms with E-state index in [9.17, 15) is 4.79 Å². The van der Waals surface area contributed by atoms with Gasteiger partial charge in [-0.15, -0.1) is 0 Å². The number of nitrogens with zero attached hydrogens (tertiary/aromatic N) is 2. The molecule has 2 aromatic rings. The number of amides is 1. The van der Waals surface area contributed by atoms with Gasteiger partial charge in [0.2, 0.25) is 0 Å². The van der Waals surface area contributed by atoms with Crippen molar-refractivity contribution in [2.24, 2.45) is 7.05 Å². The SMILES string of the molecule is Cn1ccc(CNC(=O)c2ccccc2Br)n1. The molecule has 0 aliphatic carbocycles. The summed E-state index contributed by atoms with van der Waals surface area (Å²) in [7, 11) is 1.85. The normalized spacial score (nSPS) is 10.2. The largest absolute Gasteiger partial charge is 0.346 e. The van der Waals surface area contributed by atoms with Crippen LogP contribution in [0.1, 0.15) is 16.1 Å². The Kier molecular flexibility index (Phi) is 3.58. The van der Waals surface area contributed by atoms with E-state index in [2.05, 4.69) is 26.3 Å². The van der Waals surface area contributed by atoms with E-state index in [1.807, 2.05) is 37.5 Å². The van der Waals surface area contributed by atoms with E-state index in [1.54, 1.807) is 10.7 Å². The van der Waals surface area contributed by atoms with Crippen LogP contribution in [0.4, 0.5) is 0 Å². The molecule has 0 bridgehead atoms. The summed E-state index contributed by atoms with van der Waals surface area (Å²) in [6.45, 7) is 0.432. The van der Waals surface area contributed by atoms with E-state index in [0.29, 0.717) is 12.1 Å². The topological polar surface area (TPSA) is 46.9 Å². The molecule has 1 aromatic carbocycles. The van der Waals surface area contributed by atoms with Crippen LogP contribution in [0, 0.1) is 0 Å². The molecular formula is C12H12BrN3O. The Bertz CT molecular complexity index is 536. The fourth-order valence-corrected chi connectivity index (χ4v) is 1.93. The highest BCUT2D eigenvalue weighted by molar-refractivity contribution is 9.10. The van der Waals surface area contributed by atoms with Gasteiger partial charge < -0.3 is 5.32 Å². The minimum absolute atomic E-state index is 0.108. The molecule has 88 valence electrons. The van der Waals surface area contributed by atoms with Crippen molar-refractivity contribution < 1.29 is 4.79 Å². The second kappa shape index (κ2) is 5.14. The number of hydrogen-bond acceptors (Lipinski definition) is 2. The number of carbonyl (C=O) groups excluding carboxylic acids is 1. The van der Waals surface area contributed by atoms with E-state index >= 15 is 0 Å². The molecule has 0 spiro atoms. The molecule has 0 atom stereocenters. The minimum Gasteiger partial charge on any atom is -0.346 e. The van der Waals surface area contributed by atoms with Crippen LogP contribution in [0.5, 0.6) is 0 Å². The third-order valence-electron chi connectivity index (χ3n) is 2.32. The lowest BCUT2D eigenvalue weighted by Crippen LogP contribution is -2.23. The maximum absolute atomic E-state index is 11.9. The van der Waals surface area contributed by atoms with E-state index < -0.39 is 0 Å². The van der Waals surface area contributed by atoms with Crippen molar-refractivity contribution in [1.29, 1.82) is 0 Å². The number of aromatic nitrogens is 2. The quantitative estimate of drug-likeness (QED) is 0.942. The lowest BCUT2D eigenvalue weighted by molar-refractivity contribution is 0.0949. The fourth-order valence-electron chi connectivity index (χ4n) is 1.47. The number of benzene rings is 1. The van der Waals surface area contributed by atoms with Gasteiger partial charge in [0.05, 0.1) is 17.8 Å². The van der Waals surface area contributed by atoms with Gasteiger partial charge in [0.1, 0.15) is 0 Å². The summed E-state index contributed by atoms with van der Waals surface area (Å²) in [5.74, 6) is -0.108. The maximum atomic E-state index is 11.9. The summed E-state index contributed by atoms with van der Waals surface area (Å²) in [5, 5.41) is 7.01. The van der Waals surface area contributed by atoms with Crippen molar-refractivity contribution in [2.75, 3.05) is 0 Å². The van der Waals surface area contributed by atoms with Gasteiger partial charge >= 0.3 is 0 Å². The number of hydrogen-bond donors (Lipinski definition) is 1. The molecule has 0 aliphatic rings.